The van der Waals surface area contributed by atoms with Gasteiger partial charge in [-0.3, -0.25) is 0 Å². The second-order valence-electron chi connectivity index (χ2n) is 4.75. The van der Waals surface area contributed by atoms with Gasteiger partial charge in [-0.05, 0) is 47.0 Å². The summed E-state index contributed by atoms with van der Waals surface area (Å²) in [6, 6.07) is 12.1. The minimum Gasteiger partial charge on any atom is -0.359 e. The van der Waals surface area contributed by atoms with Crippen LogP contribution < -0.4 is 5.32 Å². The highest BCUT2D eigenvalue weighted by Gasteiger charge is 2.26. The molecule has 2 rings (SSSR count). The van der Waals surface area contributed by atoms with Crippen molar-refractivity contribution in [2.75, 3.05) is 11.2 Å². The Bertz CT molecular complexity index is 559. The van der Waals surface area contributed by atoms with E-state index in [0.717, 1.165) is 21.4 Å². The van der Waals surface area contributed by atoms with E-state index < -0.39 is 0 Å². The average Bonchev–Trinajstić information content (AvgIpc) is 2.45. The number of aromatic nitrogens is 1. The molecular formula is C15H16BrClN2. The van der Waals surface area contributed by atoms with Crippen molar-refractivity contribution in [2.24, 2.45) is 0 Å². The van der Waals surface area contributed by atoms with Crippen molar-refractivity contribution in [2.45, 2.75) is 19.4 Å². The molecule has 0 aliphatic rings. The maximum atomic E-state index is 6.18. The number of hydrogen-bond donors (Lipinski definition) is 1. The quantitative estimate of drug-likeness (QED) is 0.815. The molecule has 0 bridgehead atoms. The van der Waals surface area contributed by atoms with Crippen LogP contribution in [0.15, 0.2) is 47.1 Å². The highest BCUT2D eigenvalue weighted by atomic mass is 79.9. The minimum atomic E-state index is -0.355. The Balaban J connectivity index is 2.36. The van der Waals surface area contributed by atoms with Gasteiger partial charge in [0.2, 0.25) is 0 Å². The Morgan fingerprint density at radius 1 is 1.26 bits per heavy atom. The van der Waals surface area contributed by atoms with Gasteiger partial charge in [0.25, 0.3) is 0 Å². The number of anilines is 1. The minimum absolute atomic E-state index is 0.355. The molecule has 4 heteroatoms. The molecule has 2 nitrogen and oxygen atoms in total. The van der Waals surface area contributed by atoms with Crippen LogP contribution in [0.4, 0.5) is 5.82 Å². The van der Waals surface area contributed by atoms with Gasteiger partial charge in [-0.15, -0.1) is 11.6 Å². The molecule has 100 valence electrons. The van der Waals surface area contributed by atoms with Gasteiger partial charge in [-0.2, -0.15) is 0 Å². The molecule has 1 atom stereocenters. The first kappa shape index (κ1) is 14.4. The van der Waals surface area contributed by atoms with Gasteiger partial charge in [0.15, 0.2) is 0 Å². The number of benzene rings is 1. The number of halogens is 2. The number of pyridine rings is 1. The molecule has 1 unspecified atom stereocenters. The molecule has 1 aromatic carbocycles. The molecule has 0 aliphatic heterocycles. The normalized spacial score (nSPS) is 13.9. The molecule has 2 aromatic rings. The molecule has 0 saturated carbocycles. The zero-order valence-corrected chi connectivity index (χ0v) is 13.3. The molecule has 0 amide bonds. The van der Waals surface area contributed by atoms with Crippen molar-refractivity contribution in [3.05, 3.63) is 58.2 Å². The summed E-state index contributed by atoms with van der Waals surface area (Å²) in [6.07, 6.45) is 1.79. The second-order valence-corrected chi connectivity index (χ2v) is 5.81. The van der Waals surface area contributed by atoms with Crippen LogP contribution in [0.1, 0.15) is 18.1 Å². The molecule has 1 heterocycles. The van der Waals surface area contributed by atoms with E-state index in [-0.39, 0.29) is 5.54 Å². The number of aryl methyl sites for hydroxylation is 1. The van der Waals surface area contributed by atoms with Gasteiger partial charge in [0.1, 0.15) is 5.82 Å². The van der Waals surface area contributed by atoms with Gasteiger partial charge < -0.3 is 5.32 Å². The Morgan fingerprint density at radius 2 is 1.95 bits per heavy atom. The third-order valence-electron chi connectivity index (χ3n) is 3.15. The number of rotatable bonds is 4. The van der Waals surface area contributed by atoms with Gasteiger partial charge in [0.05, 0.1) is 10.0 Å². The third-order valence-corrected chi connectivity index (χ3v) is 4.69. The Labute approximate surface area is 127 Å². The lowest BCUT2D eigenvalue weighted by atomic mass is 9.94. The SMILES string of the molecule is Cc1ccnc(NC(C)(CCl)c2ccccc2)c1Br. The van der Waals surface area contributed by atoms with Crippen molar-refractivity contribution in [3.63, 3.8) is 0 Å². The zero-order chi connectivity index (χ0) is 13.9. The molecule has 19 heavy (non-hydrogen) atoms. The number of nitrogens with one attached hydrogen (secondary N) is 1. The van der Waals surface area contributed by atoms with Crippen LogP contribution in [-0.4, -0.2) is 10.9 Å². The summed E-state index contributed by atoms with van der Waals surface area (Å²) in [5, 5.41) is 3.44. The third kappa shape index (κ3) is 3.10. The molecule has 0 saturated heterocycles. The second kappa shape index (κ2) is 5.93. The lowest BCUT2D eigenvalue weighted by Gasteiger charge is -2.30. The lowest BCUT2D eigenvalue weighted by molar-refractivity contribution is 0.613. The van der Waals surface area contributed by atoms with Crippen LogP contribution in [0, 0.1) is 6.92 Å². The monoisotopic (exact) mass is 338 g/mol. The molecule has 0 fully saturated rings. The van der Waals surface area contributed by atoms with Gasteiger partial charge >= 0.3 is 0 Å². The maximum absolute atomic E-state index is 6.18. The van der Waals surface area contributed by atoms with E-state index in [1.54, 1.807) is 6.20 Å². The Kier molecular flexibility index (Phi) is 4.48. The summed E-state index contributed by atoms with van der Waals surface area (Å²) in [4.78, 5) is 4.38. The van der Waals surface area contributed by atoms with Crippen LogP contribution in [0.3, 0.4) is 0 Å². The van der Waals surface area contributed by atoms with Gasteiger partial charge in [0, 0.05) is 12.1 Å². The molecular weight excluding hydrogens is 324 g/mol. The Morgan fingerprint density at radius 3 is 2.58 bits per heavy atom. The predicted molar refractivity (Wildman–Crippen MR) is 84.8 cm³/mol. The first-order valence-corrected chi connectivity index (χ1v) is 7.40. The van der Waals surface area contributed by atoms with Crippen LogP contribution >= 0.6 is 27.5 Å². The van der Waals surface area contributed by atoms with Crippen molar-refractivity contribution < 1.29 is 0 Å². The summed E-state index contributed by atoms with van der Waals surface area (Å²) in [5.41, 5.74) is 1.93. The van der Waals surface area contributed by atoms with Crippen molar-refractivity contribution in [1.82, 2.24) is 4.98 Å². The average molecular weight is 340 g/mol. The van der Waals surface area contributed by atoms with Crippen LogP contribution in [0.2, 0.25) is 0 Å². The van der Waals surface area contributed by atoms with Crippen molar-refractivity contribution >= 4 is 33.3 Å². The highest BCUT2D eigenvalue weighted by Crippen LogP contribution is 2.31. The van der Waals surface area contributed by atoms with E-state index >= 15 is 0 Å². The maximum Gasteiger partial charge on any atom is 0.141 e. The van der Waals surface area contributed by atoms with E-state index in [0.29, 0.717) is 5.88 Å². The largest absolute Gasteiger partial charge is 0.359 e. The summed E-state index contributed by atoms with van der Waals surface area (Å²) < 4.78 is 0.974. The highest BCUT2D eigenvalue weighted by molar-refractivity contribution is 9.10. The van der Waals surface area contributed by atoms with E-state index in [2.05, 4.69) is 45.3 Å². The fourth-order valence-corrected chi connectivity index (χ4v) is 2.43. The van der Waals surface area contributed by atoms with E-state index in [9.17, 15) is 0 Å². The molecule has 0 aliphatic carbocycles. The zero-order valence-electron chi connectivity index (χ0n) is 11.0. The van der Waals surface area contributed by atoms with Crippen molar-refractivity contribution in [1.29, 1.82) is 0 Å². The summed E-state index contributed by atoms with van der Waals surface area (Å²) in [5.74, 6) is 1.27. The summed E-state index contributed by atoms with van der Waals surface area (Å²) in [7, 11) is 0. The van der Waals surface area contributed by atoms with E-state index in [1.807, 2.05) is 31.2 Å². The first-order valence-electron chi connectivity index (χ1n) is 6.07. The van der Waals surface area contributed by atoms with E-state index in [1.165, 1.54) is 0 Å². The fourth-order valence-electron chi connectivity index (χ4n) is 1.88. The number of alkyl halides is 1. The molecule has 0 spiro atoms. The first-order chi connectivity index (χ1) is 9.07. The molecule has 1 N–H and O–H groups in total. The van der Waals surface area contributed by atoms with Gasteiger partial charge in [-0.1, -0.05) is 30.3 Å². The smallest absolute Gasteiger partial charge is 0.141 e. The summed E-state index contributed by atoms with van der Waals surface area (Å²) >= 11 is 9.75. The fraction of sp³-hybridized carbons (Fsp3) is 0.267. The number of nitrogens with zero attached hydrogens (tertiary/aromatic N) is 1. The van der Waals surface area contributed by atoms with Gasteiger partial charge in [-0.25, -0.2) is 4.98 Å². The standard InChI is InChI=1S/C15H16BrClN2/c1-11-8-9-18-14(13(11)16)19-15(2,10-17)12-6-4-3-5-7-12/h3-9H,10H2,1-2H3,(H,18,19). The van der Waals surface area contributed by atoms with Crippen LogP contribution in [-0.2, 0) is 5.54 Å². The topological polar surface area (TPSA) is 24.9 Å². The Hall–Kier alpha value is -1.06. The summed E-state index contributed by atoms with van der Waals surface area (Å²) in [6.45, 7) is 4.11. The van der Waals surface area contributed by atoms with Crippen LogP contribution in [0.5, 0.6) is 0 Å². The lowest BCUT2D eigenvalue weighted by Crippen LogP contribution is -2.34. The number of hydrogen-bond acceptors (Lipinski definition) is 2. The van der Waals surface area contributed by atoms with Crippen LogP contribution in [0.25, 0.3) is 0 Å². The molecule has 1 aromatic heterocycles. The van der Waals surface area contributed by atoms with E-state index in [4.69, 9.17) is 11.6 Å². The van der Waals surface area contributed by atoms with Crippen molar-refractivity contribution in [3.8, 4) is 0 Å². The predicted octanol–water partition coefficient (Wildman–Crippen LogP) is 4.72. The molecule has 0 radical (unpaired) electrons.